The Balaban J connectivity index is 2.07. The molecule has 0 aromatic rings. The van der Waals surface area contributed by atoms with Crippen LogP contribution in [0.15, 0.2) is 0 Å². The summed E-state index contributed by atoms with van der Waals surface area (Å²) < 4.78 is 0. The number of piperidine rings is 1. The van der Waals surface area contributed by atoms with Gasteiger partial charge in [0, 0.05) is 18.8 Å². The number of nitrogens with zero attached hydrogens (tertiary/aromatic N) is 2. The molecular formula is C14H25N3O3S. The Labute approximate surface area is 130 Å². The van der Waals surface area contributed by atoms with Crippen molar-refractivity contribution in [2.75, 3.05) is 32.4 Å². The van der Waals surface area contributed by atoms with Crippen molar-refractivity contribution in [3.8, 4) is 0 Å². The van der Waals surface area contributed by atoms with Gasteiger partial charge in [-0.2, -0.15) is 0 Å². The lowest BCUT2D eigenvalue weighted by Crippen LogP contribution is -2.54. The summed E-state index contributed by atoms with van der Waals surface area (Å²) >= 11 is 1.58. The number of rotatable bonds is 4. The molecule has 2 heterocycles. The first kappa shape index (κ1) is 16.4. The highest BCUT2D eigenvalue weighted by molar-refractivity contribution is 8.00. The molecule has 0 aliphatic carbocycles. The van der Waals surface area contributed by atoms with Gasteiger partial charge >= 0.3 is 12.0 Å². The average Bonchev–Trinajstić information content (AvgIpc) is 2.91. The van der Waals surface area contributed by atoms with E-state index in [9.17, 15) is 14.7 Å². The molecule has 2 aliphatic heterocycles. The monoisotopic (exact) mass is 315 g/mol. The standard InChI is InChI=1S/C14H25N3O3S/c1-3-12-17(11(9-21-12)13(18)19)14(20)16-6-4-5-10(8-16)7-15-2/h10-12,15H,3-9H2,1-2H3,(H,18,19). The van der Waals surface area contributed by atoms with Gasteiger partial charge in [-0.15, -0.1) is 11.8 Å². The fraction of sp³-hybridized carbons (Fsp3) is 0.857. The van der Waals surface area contributed by atoms with Gasteiger partial charge in [-0.25, -0.2) is 9.59 Å². The zero-order valence-electron chi connectivity index (χ0n) is 12.7. The van der Waals surface area contributed by atoms with E-state index >= 15 is 0 Å². The smallest absolute Gasteiger partial charge is 0.327 e. The molecule has 120 valence electrons. The maximum atomic E-state index is 12.8. The van der Waals surface area contributed by atoms with Crippen LogP contribution in [0.1, 0.15) is 26.2 Å². The van der Waals surface area contributed by atoms with Crippen LogP contribution in [0.4, 0.5) is 4.79 Å². The summed E-state index contributed by atoms with van der Waals surface area (Å²) in [5, 5.41) is 12.5. The molecule has 7 heteroatoms. The van der Waals surface area contributed by atoms with Crippen molar-refractivity contribution >= 4 is 23.8 Å². The summed E-state index contributed by atoms with van der Waals surface area (Å²) in [6.07, 6.45) is 2.90. The number of carboxylic acids is 1. The molecule has 0 radical (unpaired) electrons. The third-order valence-corrected chi connectivity index (χ3v) is 5.68. The maximum Gasteiger partial charge on any atom is 0.327 e. The fourth-order valence-corrected chi connectivity index (χ4v) is 4.52. The number of carbonyl (C=O) groups is 2. The second-order valence-electron chi connectivity index (χ2n) is 5.75. The first-order chi connectivity index (χ1) is 10.1. The van der Waals surface area contributed by atoms with Crippen LogP contribution < -0.4 is 5.32 Å². The van der Waals surface area contributed by atoms with Gasteiger partial charge in [0.05, 0.1) is 5.37 Å². The number of urea groups is 1. The van der Waals surface area contributed by atoms with E-state index in [1.165, 1.54) is 0 Å². The van der Waals surface area contributed by atoms with Gasteiger partial charge in [0.1, 0.15) is 6.04 Å². The first-order valence-corrected chi connectivity index (χ1v) is 8.69. The van der Waals surface area contributed by atoms with Crippen molar-refractivity contribution in [2.45, 2.75) is 37.6 Å². The number of carboxylic acid groups (broad SMARTS) is 1. The van der Waals surface area contributed by atoms with Gasteiger partial charge in [0.15, 0.2) is 0 Å². The largest absolute Gasteiger partial charge is 0.480 e. The molecule has 3 unspecified atom stereocenters. The minimum Gasteiger partial charge on any atom is -0.480 e. The van der Waals surface area contributed by atoms with E-state index in [1.54, 1.807) is 16.7 Å². The van der Waals surface area contributed by atoms with Gasteiger partial charge < -0.3 is 15.3 Å². The van der Waals surface area contributed by atoms with Gasteiger partial charge in [-0.3, -0.25) is 4.90 Å². The van der Waals surface area contributed by atoms with E-state index in [2.05, 4.69) is 5.32 Å². The lowest BCUT2D eigenvalue weighted by molar-refractivity contribution is -0.141. The third kappa shape index (κ3) is 3.63. The summed E-state index contributed by atoms with van der Waals surface area (Å²) in [6, 6.07) is -0.780. The summed E-state index contributed by atoms with van der Waals surface area (Å²) in [5.41, 5.74) is 0. The maximum absolute atomic E-state index is 12.8. The van der Waals surface area contributed by atoms with Crippen LogP contribution in [-0.2, 0) is 4.79 Å². The Hall–Kier alpha value is -0.950. The number of likely N-dealkylation sites (tertiary alicyclic amines) is 1. The van der Waals surface area contributed by atoms with Crippen molar-refractivity contribution in [1.29, 1.82) is 0 Å². The number of thioether (sulfide) groups is 1. The molecule has 0 saturated carbocycles. The van der Waals surface area contributed by atoms with Crippen LogP contribution in [0.5, 0.6) is 0 Å². The molecule has 6 nitrogen and oxygen atoms in total. The Morgan fingerprint density at radius 3 is 2.81 bits per heavy atom. The fourth-order valence-electron chi connectivity index (χ4n) is 3.18. The number of aliphatic carboxylic acids is 1. The molecule has 2 N–H and O–H groups in total. The average molecular weight is 315 g/mol. The Morgan fingerprint density at radius 2 is 2.19 bits per heavy atom. The highest BCUT2D eigenvalue weighted by Crippen LogP contribution is 2.33. The molecule has 2 saturated heterocycles. The lowest BCUT2D eigenvalue weighted by atomic mass is 9.98. The second kappa shape index (κ2) is 7.35. The molecule has 2 amide bonds. The third-order valence-electron chi connectivity index (χ3n) is 4.23. The van der Waals surface area contributed by atoms with Crippen LogP contribution in [0.25, 0.3) is 0 Å². The molecule has 0 aromatic carbocycles. The summed E-state index contributed by atoms with van der Waals surface area (Å²) in [7, 11) is 1.92. The number of hydrogen-bond donors (Lipinski definition) is 2. The number of amides is 2. The molecule has 2 aliphatic rings. The Kier molecular flexibility index (Phi) is 5.75. The predicted octanol–water partition coefficient (Wildman–Crippen LogP) is 1.28. The zero-order valence-corrected chi connectivity index (χ0v) is 13.6. The highest BCUT2D eigenvalue weighted by Gasteiger charge is 2.43. The van der Waals surface area contributed by atoms with E-state index in [0.29, 0.717) is 11.7 Å². The summed E-state index contributed by atoms with van der Waals surface area (Å²) in [6.45, 7) is 4.37. The van der Waals surface area contributed by atoms with Crippen LogP contribution in [0, 0.1) is 5.92 Å². The van der Waals surface area contributed by atoms with Crippen molar-refractivity contribution in [1.82, 2.24) is 15.1 Å². The SMILES string of the molecule is CCC1SCC(C(=O)O)N1C(=O)N1CCCC(CNC)C1. The van der Waals surface area contributed by atoms with Gasteiger partial charge in [-0.05, 0) is 38.8 Å². The van der Waals surface area contributed by atoms with Crippen molar-refractivity contribution in [3.63, 3.8) is 0 Å². The molecule has 3 atom stereocenters. The summed E-state index contributed by atoms with van der Waals surface area (Å²) in [4.78, 5) is 27.6. The van der Waals surface area contributed by atoms with E-state index in [4.69, 9.17) is 0 Å². The van der Waals surface area contributed by atoms with E-state index in [0.717, 1.165) is 38.9 Å². The Bertz CT molecular complexity index is 392. The number of hydrogen-bond acceptors (Lipinski definition) is 4. The van der Waals surface area contributed by atoms with E-state index < -0.39 is 12.0 Å². The lowest BCUT2D eigenvalue weighted by Gasteiger charge is -2.37. The quantitative estimate of drug-likeness (QED) is 0.817. The normalized spacial score (nSPS) is 29.7. The van der Waals surface area contributed by atoms with Gasteiger partial charge in [0.25, 0.3) is 0 Å². The molecule has 21 heavy (non-hydrogen) atoms. The number of carbonyl (C=O) groups excluding carboxylic acids is 1. The topological polar surface area (TPSA) is 72.9 Å². The first-order valence-electron chi connectivity index (χ1n) is 7.64. The molecule has 0 aromatic heterocycles. The van der Waals surface area contributed by atoms with Crippen LogP contribution in [0.2, 0.25) is 0 Å². The molecule has 2 rings (SSSR count). The zero-order chi connectivity index (χ0) is 15.4. The number of nitrogens with one attached hydrogen (secondary N) is 1. The Morgan fingerprint density at radius 1 is 1.43 bits per heavy atom. The highest BCUT2D eigenvalue weighted by atomic mass is 32.2. The molecule has 0 spiro atoms. The van der Waals surface area contributed by atoms with E-state index in [-0.39, 0.29) is 11.4 Å². The molecule has 0 bridgehead atoms. The van der Waals surface area contributed by atoms with Crippen LogP contribution >= 0.6 is 11.8 Å². The van der Waals surface area contributed by atoms with Gasteiger partial charge in [-0.1, -0.05) is 6.92 Å². The minimum atomic E-state index is -0.893. The van der Waals surface area contributed by atoms with Crippen LogP contribution in [0.3, 0.4) is 0 Å². The van der Waals surface area contributed by atoms with Gasteiger partial charge in [0.2, 0.25) is 0 Å². The molecular weight excluding hydrogens is 290 g/mol. The van der Waals surface area contributed by atoms with E-state index in [1.807, 2.05) is 18.9 Å². The predicted molar refractivity (Wildman–Crippen MR) is 83.4 cm³/mol. The minimum absolute atomic E-state index is 0.0109. The second-order valence-corrected chi connectivity index (χ2v) is 6.96. The van der Waals surface area contributed by atoms with Crippen molar-refractivity contribution in [3.05, 3.63) is 0 Å². The van der Waals surface area contributed by atoms with Crippen molar-refractivity contribution < 1.29 is 14.7 Å². The summed E-state index contributed by atoms with van der Waals surface area (Å²) in [5.74, 6) is 0.0646. The van der Waals surface area contributed by atoms with Crippen molar-refractivity contribution in [2.24, 2.45) is 5.92 Å². The van der Waals surface area contributed by atoms with Crippen LogP contribution in [-0.4, -0.2) is 70.8 Å². The molecule has 2 fully saturated rings.